The van der Waals surface area contributed by atoms with E-state index in [2.05, 4.69) is 22.0 Å². The molecule has 2 N–H and O–H groups in total. The number of benzene rings is 1. The molecular weight excluding hydrogens is 262 g/mol. The van der Waals surface area contributed by atoms with Crippen LogP contribution in [0.5, 0.6) is 0 Å². The van der Waals surface area contributed by atoms with Crippen LogP contribution in [0.2, 0.25) is 0 Å². The standard InChI is InChI=1S/C10H12BrNOS/c11-8-2-1-7(10(12)3-8)6-14-9-4-13-5-9/h1-3,9H,4-6,12H2. The van der Waals surface area contributed by atoms with E-state index in [-0.39, 0.29) is 0 Å². The Labute approximate surface area is 96.3 Å². The van der Waals surface area contributed by atoms with Crippen LogP contribution in [0.4, 0.5) is 5.69 Å². The van der Waals surface area contributed by atoms with Crippen LogP contribution in [0.3, 0.4) is 0 Å². The van der Waals surface area contributed by atoms with Crippen molar-refractivity contribution in [1.82, 2.24) is 0 Å². The van der Waals surface area contributed by atoms with E-state index >= 15 is 0 Å². The molecule has 2 nitrogen and oxygen atoms in total. The van der Waals surface area contributed by atoms with Gasteiger partial charge in [0.05, 0.1) is 18.5 Å². The van der Waals surface area contributed by atoms with Gasteiger partial charge in [-0.2, -0.15) is 0 Å². The lowest BCUT2D eigenvalue weighted by atomic mass is 10.2. The molecule has 0 aliphatic carbocycles. The van der Waals surface area contributed by atoms with Crippen molar-refractivity contribution in [3.05, 3.63) is 28.2 Å². The van der Waals surface area contributed by atoms with E-state index in [1.165, 1.54) is 5.56 Å². The number of hydrogen-bond donors (Lipinski definition) is 1. The maximum Gasteiger partial charge on any atom is 0.0608 e. The molecule has 0 amide bonds. The third kappa shape index (κ3) is 2.43. The summed E-state index contributed by atoms with van der Waals surface area (Å²) in [7, 11) is 0. The van der Waals surface area contributed by atoms with Crippen molar-refractivity contribution in [3.63, 3.8) is 0 Å². The molecule has 1 aromatic rings. The number of nitrogen functional groups attached to an aromatic ring is 1. The van der Waals surface area contributed by atoms with Crippen molar-refractivity contribution in [2.24, 2.45) is 0 Å². The Balaban J connectivity index is 1.94. The van der Waals surface area contributed by atoms with Gasteiger partial charge >= 0.3 is 0 Å². The lowest BCUT2D eigenvalue weighted by Gasteiger charge is -2.25. The van der Waals surface area contributed by atoms with Gasteiger partial charge in [0.25, 0.3) is 0 Å². The zero-order chi connectivity index (χ0) is 9.97. The summed E-state index contributed by atoms with van der Waals surface area (Å²) in [6.07, 6.45) is 0. The summed E-state index contributed by atoms with van der Waals surface area (Å²) < 4.78 is 6.15. The van der Waals surface area contributed by atoms with E-state index < -0.39 is 0 Å². The lowest BCUT2D eigenvalue weighted by molar-refractivity contribution is 0.0455. The predicted molar refractivity (Wildman–Crippen MR) is 64.5 cm³/mol. The average molecular weight is 274 g/mol. The van der Waals surface area contributed by atoms with E-state index in [4.69, 9.17) is 10.5 Å². The molecule has 4 heteroatoms. The third-order valence-corrected chi connectivity index (χ3v) is 3.90. The van der Waals surface area contributed by atoms with Gasteiger partial charge in [0.1, 0.15) is 0 Å². The lowest BCUT2D eigenvalue weighted by Crippen LogP contribution is -2.30. The zero-order valence-electron chi connectivity index (χ0n) is 7.70. The summed E-state index contributed by atoms with van der Waals surface area (Å²) >= 11 is 5.31. The van der Waals surface area contributed by atoms with Gasteiger partial charge in [-0.1, -0.05) is 22.0 Å². The predicted octanol–water partition coefficient (Wildman–Crippen LogP) is 2.66. The van der Waals surface area contributed by atoms with E-state index in [1.54, 1.807) is 0 Å². The monoisotopic (exact) mass is 273 g/mol. The topological polar surface area (TPSA) is 35.2 Å². The summed E-state index contributed by atoms with van der Waals surface area (Å²) in [6, 6.07) is 6.06. The second kappa shape index (κ2) is 4.55. The highest BCUT2D eigenvalue weighted by Crippen LogP contribution is 2.27. The minimum Gasteiger partial charge on any atom is -0.398 e. The Morgan fingerprint density at radius 1 is 1.50 bits per heavy atom. The molecule has 0 saturated carbocycles. The molecule has 2 rings (SSSR count). The second-order valence-electron chi connectivity index (χ2n) is 3.31. The molecule has 76 valence electrons. The number of rotatable bonds is 3. The Bertz CT molecular complexity index is 328. The summed E-state index contributed by atoms with van der Waals surface area (Å²) in [5.74, 6) is 0.979. The number of hydrogen-bond acceptors (Lipinski definition) is 3. The molecule has 0 spiro atoms. The minimum atomic E-state index is 0.665. The first-order valence-electron chi connectivity index (χ1n) is 4.49. The highest BCUT2D eigenvalue weighted by atomic mass is 79.9. The number of thioether (sulfide) groups is 1. The van der Waals surface area contributed by atoms with Crippen molar-refractivity contribution in [2.75, 3.05) is 18.9 Å². The maximum atomic E-state index is 5.89. The largest absolute Gasteiger partial charge is 0.398 e. The average Bonchev–Trinajstić information content (AvgIpc) is 2.05. The van der Waals surface area contributed by atoms with Gasteiger partial charge in [0, 0.05) is 15.9 Å². The molecule has 0 aromatic heterocycles. The minimum absolute atomic E-state index is 0.665. The number of nitrogens with two attached hydrogens (primary N) is 1. The summed E-state index contributed by atoms with van der Waals surface area (Å²) in [5.41, 5.74) is 7.97. The van der Waals surface area contributed by atoms with Crippen LogP contribution in [0.25, 0.3) is 0 Å². The highest BCUT2D eigenvalue weighted by molar-refractivity contribution is 9.10. The highest BCUT2D eigenvalue weighted by Gasteiger charge is 2.18. The Hall–Kier alpha value is -0.190. The molecule has 1 aliphatic heterocycles. The normalized spacial score (nSPS) is 16.6. The fourth-order valence-electron chi connectivity index (χ4n) is 1.22. The molecule has 14 heavy (non-hydrogen) atoms. The van der Waals surface area contributed by atoms with E-state index in [0.717, 1.165) is 29.1 Å². The Morgan fingerprint density at radius 2 is 2.29 bits per heavy atom. The van der Waals surface area contributed by atoms with Crippen molar-refractivity contribution < 1.29 is 4.74 Å². The first-order chi connectivity index (χ1) is 6.75. The molecule has 1 aliphatic rings. The van der Waals surface area contributed by atoms with Crippen LogP contribution < -0.4 is 5.73 Å². The molecule has 1 fully saturated rings. The fraction of sp³-hybridized carbons (Fsp3) is 0.400. The quantitative estimate of drug-likeness (QED) is 0.861. The van der Waals surface area contributed by atoms with Crippen LogP contribution in [0, 0.1) is 0 Å². The Kier molecular flexibility index (Phi) is 3.36. The van der Waals surface area contributed by atoms with Crippen LogP contribution in [-0.4, -0.2) is 18.5 Å². The summed E-state index contributed by atoms with van der Waals surface area (Å²) in [5, 5.41) is 0.665. The van der Waals surface area contributed by atoms with Gasteiger partial charge in [0.15, 0.2) is 0 Å². The number of halogens is 1. The summed E-state index contributed by atoms with van der Waals surface area (Å²) in [4.78, 5) is 0. The molecule has 1 aromatic carbocycles. The molecule has 0 unspecified atom stereocenters. The van der Waals surface area contributed by atoms with Crippen LogP contribution in [0.15, 0.2) is 22.7 Å². The van der Waals surface area contributed by atoms with E-state index in [9.17, 15) is 0 Å². The number of anilines is 1. The molecular formula is C10H12BrNOS. The third-order valence-electron chi connectivity index (χ3n) is 2.19. The zero-order valence-corrected chi connectivity index (χ0v) is 10.1. The molecule has 0 bridgehead atoms. The van der Waals surface area contributed by atoms with Gasteiger partial charge in [-0.25, -0.2) is 0 Å². The van der Waals surface area contributed by atoms with Crippen LogP contribution in [-0.2, 0) is 10.5 Å². The van der Waals surface area contributed by atoms with E-state index in [0.29, 0.717) is 5.25 Å². The van der Waals surface area contributed by atoms with Gasteiger partial charge in [-0.05, 0) is 17.7 Å². The Morgan fingerprint density at radius 3 is 2.86 bits per heavy atom. The fourth-order valence-corrected chi connectivity index (χ4v) is 2.66. The number of ether oxygens (including phenoxy) is 1. The van der Waals surface area contributed by atoms with E-state index in [1.807, 2.05) is 23.9 Å². The van der Waals surface area contributed by atoms with Gasteiger partial charge in [-0.3, -0.25) is 0 Å². The van der Waals surface area contributed by atoms with Crippen molar-refractivity contribution in [2.45, 2.75) is 11.0 Å². The smallest absolute Gasteiger partial charge is 0.0608 e. The molecule has 1 heterocycles. The van der Waals surface area contributed by atoms with Gasteiger partial charge < -0.3 is 10.5 Å². The maximum absolute atomic E-state index is 5.89. The van der Waals surface area contributed by atoms with Gasteiger partial charge in [-0.15, -0.1) is 11.8 Å². The van der Waals surface area contributed by atoms with Crippen LogP contribution >= 0.6 is 27.7 Å². The first kappa shape index (κ1) is 10.3. The molecule has 1 saturated heterocycles. The van der Waals surface area contributed by atoms with Crippen molar-refractivity contribution in [1.29, 1.82) is 0 Å². The molecule has 0 atom stereocenters. The van der Waals surface area contributed by atoms with Crippen molar-refractivity contribution >= 4 is 33.4 Å². The van der Waals surface area contributed by atoms with Crippen LogP contribution in [0.1, 0.15) is 5.56 Å². The molecule has 0 radical (unpaired) electrons. The summed E-state index contributed by atoms with van der Waals surface area (Å²) in [6.45, 7) is 1.78. The first-order valence-corrected chi connectivity index (χ1v) is 6.33. The van der Waals surface area contributed by atoms with Gasteiger partial charge in [0.2, 0.25) is 0 Å². The second-order valence-corrected chi connectivity index (χ2v) is 5.52. The SMILES string of the molecule is Nc1cc(Br)ccc1CSC1COC1. The van der Waals surface area contributed by atoms with Crippen molar-refractivity contribution in [3.8, 4) is 0 Å².